The Balaban J connectivity index is 1.46. The molecule has 2 heterocycles. The van der Waals surface area contributed by atoms with E-state index in [0.717, 1.165) is 43.8 Å². The third-order valence-electron chi connectivity index (χ3n) is 6.24. The largest absolute Gasteiger partial charge is 0.477 e. The van der Waals surface area contributed by atoms with Crippen LogP contribution < -0.4 is 5.32 Å². The summed E-state index contributed by atoms with van der Waals surface area (Å²) in [5, 5.41) is 15.0. The molecule has 1 aliphatic heterocycles. The Morgan fingerprint density at radius 3 is 2.35 bits per heavy atom. The Labute approximate surface area is 236 Å². The van der Waals surface area contributed by atoms with Gasteiger partial charge in [-0.3, -0.25) is 4.79 Å². The fourth-order valence-electron chi connectivity index (χ4n) is 4.36. The molecule has 0 unspecified atom stereocenters. The van der Waals surface area contributed by atoms with E-state index in [1.54, 1.807) is 22.8 Å². The summed E-state index contributed by atoms with van der Waals surface area (Å²) in [4.78, 5) is 28.6. The molecule has 0 atom stereocenters. The minimum absolute atomic E-state index is 0.0126. The number of nitrogens with zero attached hydrogens (tertiary/aromatic N) is 2. The molecule has 10 heteroatoms. The predicted molar refractivity (Wildman–Crippen MR) is 151 cm³/mol. The number of carbonyl (C=O) groups is 2. The third-order valence-corrected chi connectivity index (χ3v) is 8.59. The van der Waals surface area contributed by atoms with Crippen LogP contribution in [0.4, 0.5) is 0 Å². The lowest BCUT2D eigenvalue weighted by Crippen LogP contribution is -2.46. The van der Waals surface area contributed by atoms with Gasteiger partial charge in [0.1, 0.15) is 5.69 Å². The van der Waals surface area contributed by atoms with Crippen LogP contribution >= 0.6 is 50.9 Å². The van der Waals surface area contributed by atoms with Crippen LogP contribution in [0.2, 0.25) is 10.0 Å². The second kappa shape index (κ2) is 11.1. The van der Waals surface area contributed by atoms with Gasteiger partial charge in [-0.1, -0.05) is 63.0 Å². The van der Waals surface area contributed by atoms with Crippen molar-refractivity contribution in [2.45, 2.75) is 16.3 Å². The summed E-state index contributed by atoms with van der Waals surface area (Å²) in [6.45, 7) is 3.32. The molecule has 2 N–H and O–H groups in total. The topological polar surface area (TPSA) is 74.6 Å². The van der Waals surface area contributed by atoms with Crippen molar-refractivity contribution >= 4 is 73.7 Å². The zero-order chi connectivity index (χ0) is 26.1. The number of carboxylic acid groups (broad SMARTS) is 1. The zero-order valence-electron chi connectivity index (χ0n) is 19.5. The maximum atomic E-state index is 12.8. The van der Waals surface area contributed by atoms with Gasteiger partial charge in [-0.15, -0.1) is 0 Å². The van der Waals surface area contributed by atoms with E-state index in [-0.39, 0.29) is 11.6 Å². The number of benzene rings is 3. The number of aromatic nitrogens is 1. The summed E-state index contributed by atoms with van der Waals surface area (Å²) in [6, 6.07) is 18.5. The fraction of sp³-hybridized carbons (Fsp3) is 0.185. The molecule has 1 saturated heterocycles. The molecule has 4 aromatic rings. The summed E-state index contributed by atoms with van der Waals surface area (Å²) in [7, 11) is 0. The number of carboxylic acids is 1. The van der Waals surface area contributed by atoms with E-state index in [2.05, 4.69) is 21.2 Å². The molecule has 3 aromatic carbocycles. The van der Waals surface area contributed by atoms with Crippen LogP contribution in [0.1, 0.15) is 26.4 Å². The number of carbonyl (C=O) groups excluding carboxylic acids is 1. The molecular formula is C27H22BrCl2N3O3S. The van der Waals surface area contributed by atoms with E-state index in [4.69, 9.17) is 23.2 Å². The lowest BCUT2D eigenvalue weighted by molar-refractivity contribution is 0.0685. The predicted octanol–water partition coefficient (Wildman–Crippen LogP) is 6.65. The second-order valence-corrected chi connectivity index (χ2v) is 11.5. The second-order valence-electron chi connectivity index (χ2n) is 8.68. The van der Waals surface area contributed by atoms with E-state index in [9.17, 15) is 14.7 Å². The highest BCUT2D eigenvalue weighted by atomic mass is 79.9. The van der Waals surface area contributed by atoms with Gasteiger partial charge in [0.2, 0.25) is 0 Å². The summed E-state index contributed by atoms with van der Waals surface area (Å²) >= 11 is 17.4. The van der Waals surface area contributed by atoms with Crippen LogP contribution in [0.15, 0.2) is 74.9 Å². The van der Waals surface area contributed by atoms with Crippen molar-refractivity contribution in [3.63, 3.8) is 0 Å². The van der Waals surface area contributed by atoms with Crippen LogP contribution in [0.5, 0.6) is 0 Å². The van der Waals surface area contributed by atoms with E-state index in [1.165, 1.54) is 11.8 Å². The first kappa shape index (κ1) is 26.1. The van der Waals surface area contributed by atoms with Gasteiger partial charge in [0.05, 0.1) is 15.6 Å². The Bertz CT molecular complexity index is 1500. The van der Waals surface area contributed by atoms with Gasteiger partial charge in [-0.25, -0.2) is 4.79 Å². The van der Waals surface area contributed by atoms with E-state index in [1.807, 2.05) is 47.4 Å². The summed E-state index contributed by atoms with van der Waals surface area (Å²) in [6.07, 6.45) is 0. The molecule has 1 aliphatic rings. The van der Waals surface area contributed by atoms with Crippen LogP contribution in [0.3, 0.4) is 0 Å². The van der Waals surface area contributed by atoms with Gasteiger partial charge in [0.15, 0.2) is 0 Å². The van der Waals surface area contributed by atoms with Crippen molar-refractivity contribution in [3.05, 3.63) is 92.0 Å². The van der Waals surface area contributed by atoms with Crippen molar-refractivity contribution in [2.75, 3.05) is 26.2 Å². The molecular weight excluding hydrogens is 597 g/mol. The number of fused-ring (bicyclic) bond motifs is 1. The van der Waals surface area contributed by atoms with Crippen LogP contribution in [-0.2, 0) is 6.54 Å². The van der Waals surface area contributed by atoms with Crippen LogP contribution in [0, 0.1) is 0 Å². The Morgan fingerprint density at radius 2 is 1.68 bits per heavy atom. The number of nitrogens with one attached hydrogen (secondary N) is 1. The van der Waals surface area contributed by atoms with Crippen molar-refractivity contribution in [1.29, 1.82) is 0 Å². The molecule has 0 saturated carbocycles. The molecule has 0 radical (unpaired) electrons. The number of aromatic carboxylic acids is 1. The summed E-state index contributed by atoms with van der Waals surface area (Å²) in [5.74, 6) is -0.995. The van der Waals surface area contributed by atoms with Gasteiger partial charge in [0.25, 0.3) is 5.91 Å². The highest BCUT2D eigenvalue weighted by Gasteiger charge is 2.20. The van der Waals surface area contributed by atoms with E-state index >= 15 is 0 Å². The third kappa shape index (κ3) is 5.68. The lowest BCUT2D eigenvalue weighted by atomic mass is 10.1. The SMILES string of the molecule is O=C(O)c1cc2c(Br)cc(Sc3ccc(Cl)c(Cl)c3)cc2n1Cc1ccc(C(=O)N2CCNCC2)cc1. The van der Waals surface area contributed by atoms with Crippen LogP contribution in [-0.4, -0.2) is 52.6 Å². The number of hydrogen-bond acceptors (Lipinski definition) is 4. The van der Waals surface area contributed by atoms with Gasteiger partial charge < -0.3 is 19.9 Å². The number of amides is 1. The van der Waals surface area contributed by atoms with Gasteiger partial charge in [0, 0.05) is 57.9 Å². The minimum atomic E-state index is -1.01. The molecule has 37 heavy (non-hydrogen) atoms. The average Bonchev–Trinajstić information content (AvgIpc) is 3.26. The average molecular weight is 619 g/mol. The molecule has 1 amide bonds. The Hall–Kier alpha value is -2.49. The number of halogens is 3. The normalized spacial score (nSPS) is 13.8. The quantitative estimate of drug-likeness (QED) is 0.253. The zero-order valence-corrected chi connectivity index (χ0v) is 23.4. The maximum Gasteiger partial charge on any atom is 0.352 e. The standard InChI is InChI=1S/C27H22BrCl2N3O3S/c28-21-11-19(37-18-5-6-22(29)23(30)12-18)13-24-20(21)14-25(27(35)36)33(24)15-16-1-3-17(4-2-16)26(34)32-9-7-31-8-10-32/h1-6,11-14,31H,7-10,15H2,(H,35,36). The van der Waals surface area contributed by atoms with E-state index < -0.39 is 5.97 Å². The van der Waals surface area contributed by atoms with Crippen molar-refractivity contribution in [3.8, 4) is 0 Å². The molecule has 1 fully saturated rings. The molecule has 5 rings (SSSR count). The molecule has 6 nitrogen and oxygen atoms in total. The van der Waals surface area contributed by atoms with Gasteiger partial charge >= 0.3 is 5.97 Å². The summed E-state index contributed by atoms with van der Waals surface area (Å²) < 4.78 is 2.58. The van der Waals surface area contributed by atoms with Crippen molar-refractivity contribution in [1.82, 2.24) is 14.8 Å². The lowest BCUT2D eigenvalue weighted by Gasteiger charge is -2.27. The number of hydrogen-bond donors (Lipinski definition) is 2. The van der Waals surface area contributed by atoms with E-state index in [0.29, 0.717) is 35.2 Å². The van der Waals surface area contributed by atoms with Gasteiger partial charge in [-0.05, 0) is 54.1 Å². The van der Waals surface area contributed by atoms with Crippen molar-refractivity contribution < 1.29 is 14.7 Å². The monoisotopic (exact) mass is 617 g/mol. The molecule has 0 bridgehead atoms. The first-order valence-corrected chi connectivity index (χ1v) is 13.9. The smallest absolute Gasteiger partial charge is 0.352 e. The highest BCUT2D eigenvalue weighted by Crippen LogP contribution is 2.38. The first-order chi connectivity index (χ1) is 17.8. The first-order valence-electron chi connectivity index (χ1n) is 11.6. The minimum Gasteiger partial charge on any atom is -0.477 e. The maximum absolute atomic E-state index is 12.8. The molecule has 1 aromatic heterocycles. The summed E-state index contributed by atoms with van der Waals surface area (Å²) in [5.41, 5.74) is 2.50. The fourth-order valence-corrected chi connectivity index (χ4v) is 6.37. The Kier molecular flexibility index (Phi) is 7.83. The molecule has 0 spiro atoms. The van der Waals surface area contributed by atoms with Crippen molar-refractivity contribution in [2.24, 2.45) is 0 Å². The number of rotatable bonds is 6. The number of piperazine rings is 1. The van der Waals surface area contributed by atoms with Gasteiger partial charge in [-0.2, -0.15) is 0 Å². The molecule has 190 valence electrons. The molecule has 0 aliphatic carbocycles. The highest BCUT2D eigenvalue weighted by molar-refractivity contribution is 9.10. The Morgan fingerprint density at radius 1 is 0.946 bits per heavy atom. The van der Waals surface area contributed by atoms with Crippen LogP contribution in [0.25, 0.3) is 10.9 Å².